The molecule has 0 unspecified atom stereocenters. The third-order valence-corrected chi connectivity index (χ3v) is 2.79. The van der Waals surface area contributed by atoms with Crippen molar-refractivity contribution in [2.45, 2.75) is 0 Å². The second-order valence-corrected chi connectivity index (χ2v) is 4.02. The van der Waals surface area contributed by atoms with Gasteiger partial charge in [-0.2, -0.15) is 0 Å². The normalized spacial score (nSPS) is 11.1. The number of rotatable bonds is 1. The maximum Gasteiger partial charge on any atom is 0.331 e. The van der Waals surface area contributed by atoms with Gasteiger partial charge in [-0.3, -0.25) is 4.57 Å². The molecular formula is C13H7F3N2O. The first-order valence-corrected chi connectivity index (χ1v) is 5.42. The zero-order chi connectivity index (χ0) is 13.6. The molecule has 0 aliphatic heterocycles. The first-order chi connectivity index (χ1) is 9.06. The molecule has 1 N–H and O–H groups in total. The predicted octanol–water partition coefficient (Wildman–Crippen LogP) is 2.74. The van der Waals surface area contributed by atoms with Crippen molar-refractivity contribution in [1.29, 1.82) is 0 Å². The van der Waals surface area contributed by atoms with Gasteiger partial charge in [0.05, 0.1) is 16.7 Å². The van der Waals surface area contributed by atoms with E-state index in [1.807, 2.05) is 0 Å². The van der Waals surface area contributed by atoms with Crippen LogP contribution in [0.1, 0.15) is 0 Å². The van der Waals surface area contributed by atoms with Gasteiger partial charge in [0.1, 0.15) is 17.5 Å². The minimum absolute atomic E-state index is 0.0933. The maximum atomic E-state index is 13.7. The van der Waals surface area contributed by atoms with E-state index in [2.05, 4.69) is 4.98 Å². The molecule has 0 atom stereocenters. The fraction of sp³-hybridized carbons (Fsp3) is 0. The lowest BCUT2D eigenvalue weighted by atomic mass is 10.2. The van der Waals surface area contributed by atoms with Crippen LogP contribution in [0.2, 0.25) is 0 Å². The number of hydrogen-bond acceptors (Lipinski definition) is 1. The van der Waals surface area contributed by atoms with Crippen molar-refractivity contribution >= 4 is 11.0 Å². The number of aromatic nitrogens is 2. The molecule has 0 saturated carbocycles. The van der Waals surface area contributed by atoms with Gasteiger partial charge in [-0.05, 0) is 30.3 Å². The predicted molar refractivity (Wildman–Crippen MR) is 63.8 cm³/mol. The maximum absolute atomic E-state index is 13.7. The van der Waals surface area contributed by atoms with Crippen LogP contribution >= 0.6 is 0 Å². The van der Waals surface area contributed by atoms with Crippen LogP contribution in [-0.4, -0.2) is 9.55 Å². The van der Waals surface area contributed by atoms with Gasteiger partial charge >= 0.3 is 5.69 Å². The van der Waals surface area contributed by atoms with Crippen LogP contribution in [0.4, 0.5) is 13.2 Å². The molecule has 3 aromatic rings. The van der Waals surface area contributed by atoms with E-state index in [9.17, 15) is 18.0 Å². The monoisotopic (exact) mass is 264 g/mol. The van der Waals surface area contributed by atoms with Gasteiger partial charge in [0, 0.05) is 6.07 Å². The third kappa shape index (κ3) is 1.81. The number of H-pyrrole nitrogens is 1. The molecule has 0 radical (unpaired) electrons. The van der Waals surface area contributed by atoms with Gasteiger partial charge in [-0.15, -0.1) is 0 Å². The van der Waals surface area contributed by atoms with Crippen molar-refractivity contribution in [3.8, 4) is 5.69 Å². The minimum Gasteiger partial charge on any atom is -0.305 e. The highest BCUT2D eigenvalue weighted by atomic mass is 19.1. The second-order valence-electron chi connectivity index (χ2n) is 4.02. The Morgan fingerprint density at radius 3 is 2.37 bits per heavy atom. The summed E-state index contributed by atoms with van der Waals surface area (Å²) < 4.78 is 40.7. The highest BCUT2D eigenvalue weighted by Crippen LogP contribution is 2.19. The lowest BCUT2D eigenvalue weighted by molar-refractivity contribution is 0.577. The Morgan fingerprint density at radius 2 is 1.63 bits per heavy atom. The Hall–Kier alpha value is -2.50. The quantitative estimate of drug-likeness (QED) is 0.721. The SMILES string of the molecule is O=c1[nH]c2cc(F)ccc2n1-c1ccc(F)cc1F. The van der Waals surface area contributed by atoms with Crippen LogP contribution < -0.4 is 5.69 Å². The third-order valence-electron chi connectivity index (χ3n) is 2.79. The summed E-state index contributed by atoms with van der Waals surface area (Å²) >= 11 is 0. The lowest BCUT2D eigenvalue weighted by Crippen LogP contribution is -2.15. The van der Waals surface area contributed by atoms with E-state index in [4.69, 9.17) is 0 Å². The molecule has 3 rings (SSSR count). The van der Waals surface area contributed by atoms with E-state index < -0.39 is 23.1 Å². The number of halogens is 3. The standard InChI is InChI=1S/C13H7F3N2O/c14-7-1-3-11(9(16)5-7)18-12-4-2-8(15)6-10(12)17-13(18)19/h1-6H,(H,17,19). The largest absolute Gasteiger partial charge is 0.331 e. The molecule has 0 fully saturated rings. The Bertz CT molecular complexity index is 836. The molecule has 0 spiro atoms. The molecule has 96 valence electrons. The van der Waals surface area contributed by atoms with Crippen LogP contribution in [-0.2, 0) is 0 Å². The van der Waals surface area contributed by atoms with Crippen LogP contribution in [0.25, 0.3) is 16.7 Å². The summed E-state index contributed by atoms with van der Waals surface area (Å²) in [6, 6.07) is 6.54. The molecule has 0 bridgehead atoms. The van der Waals surface area contributed by atoms with Gasteiger partial charge in [0.2, 0.25) is 0 Å². The summed E-state index contributed by atoms with van der Waals surface area (Å²) in [6.07, 6.45) is 0. The van der Waals surface area contributed by atoms with Crippen LogP contribution in [0, 0.1) is 17.5 Å². The molecule has 0 aliphatic rings. The number of hydrogen-bond donors (Lipinski definition) is 1. The van der Waals surface area contributed by atoms with Crippen molar-refractivity contribution in [2.75, 3.05) is 0 Å². The van der Waals surface area contributed by atoms with E-state index >= 15 is 0 Å². The van der Waals surface area contributed by atoms with Gasteiger partial charge in [-0.1, -0.05) is 0 Å². The number of fused-ring (bicyclic) bond motifs is 1. The highest BCUT2D eigenvalue weighted by Gasteiger charge is 2.13. The van der Waals surface area contributed by atoms with E-state index in [-0.39, 0.29) is 11.2 Å². The van der Waals surface area contributed by atoms with E-state index in [1.54, 1.807) is 0 Å². The van der Waals surface area contributed by atoms with Crippen LogP contribution in [0.3, 0.4) is 0 Å². The molecule has 6 heteroatoms. The Morgan fingerprint density at radius 1 is 0.947 bits per heavy atom. The van der Waals surface area contributed by atoms with E-state index in [0.29, 0.717) is 11.6 Å². The zero-order valence-electron chi connectivity index (χ0n) is 9.45. The molecular weight excluding hydrogens is 257 g/mol. The number of imidazole rings is 1. The van der Waals surface area contributed by atoms with Crippen molar-refractivity contribution in [1.82, 2.24) is 9.55 Å². The summed E-state index contributed by atoms with van der Waals surface area (Å²) in [4.78, 5) is 14.2. The smallest absolute Gasteiger partial charge is 0.305 e. The Labute approximate surface area is 104 Å². The summed E-state index contributed by atoms with van der Waals surface area (Å²) in [7, 11) is 0. The fourth-order valence-corrected chi connectivity index (χ4v) is 1.99. The van der Waals surface area contributed by atoms with Crippen molar-refractivity contribution < 1.29 is 13.2 Å². The van der Waals surface area contributed by atoms with Crippen molar-refractivity contribution in [3.05, 3.63) is 64.3 Å². The topological polar surface area (TPSA) is 37.8 Å². The summed E-state index contributed by atoms with van der Waals surface area (Å²) in [6.45, 7) is 0. The molecule has 0 amide bonds. The zero-order valence-corrected chi connectivity index (χ0v) is 9.45. The molecule has 2 aromatic carbocycles. The number of nitrogens with one attached hydrogen (secondary N) is 1. The fourth-order valence-electron chi connectivity index (χ4n) is 1.99. The molecule has 1 heterocycles. The number of benzene rings is 2. The molecule has 1 aromatic heterocycles. The van der Waals surface area contributed by atoms with E-state index in [1.165, 1.54) is 6.07 Å². The average Bonchev–Trinajstić information content (AvgIpc) is 2.65. The first-order valence-electron chi connectivity index (χ1n) is 5.42. The lowest BCUT2D eigenvalue weighted by Gasteiger charge is -2.04. The minimum atomic E-state index is -0.868. The van der Waals surface area contributed by atoms with Gasteiger partial charge in [-0.25, -0.2) is 18.0 Å². The Balaban J connectivity index is 2.36. The van der Waals surface area contributed by atoms with Gasteiger partial charge in [0.25, 0.3) is 0 Å². The molecule has 3 nitrogen and oxygen atoms in total. The molecule has 0 aliphatic carbocycles. The van der Waals surface area contributed by atoms with Crippen LogP contribution in [0.15, 0.2) is 41.2 Å². The highest BCUT2D eigenvalue weighted by molar-refractivity contribution is 5.77. The number of nitrogens with zero attached hydrogens (tertiary/aromatic N) is 1. The Kier molecular flexibility index (Phi) is 2.45. The second kappa shape index (κ2) is 4.01. The van der Waals surface area contributed by atoms with Crippen molar-refractivity contribution in [2.24, 2.45) is 0 Å². The summed E-state index contributed by atoms with van der Waals surface area (Å²) in [5.74, 6) is -2.12. The average molecular weight is 264 g/mol. The van der Waals surface area contributed by atoms with Gasteiger partial charge < -0.3 is 4.98 Å². The molecule has 19 heavy (non-hydrogen) atoms. The van der Waals surface area contributed by atoms with Crippen molar-refractivity contribution in [3.63, 3.8) is 0 Å². The summed E-state index contributed by atoms with van der Waals surface area (Å²) in [5.41, 5.74) is -0.152. The number of aromatic amines is 1. The summed E-state index contributed by atoms with van der Waals surface area (Å²) in [5, 5.41) is 0. The molecule has 0 saturated heterocycles. The first kappa shape index (κ1) is 11.6. The van der Waals surface area contributed by atoms with Crippen LogP contribution in [0.5, 0.6) is 0 Å². The van der Waals surface area contributed by atoms with E-state index in [0.717, 1.165) is 28.8 Å². The van der Waals surface area contributed by atoms with Gasteiger partial charge in [0.15, 0.2) is 0 Å².